The van der Waals surface area contributed by atoms with E-state index in [-0.39, 0.29) is 5.82 Å². The van der Waals surface area contributed by atoms with Crippen molar-refractivity contribution in [3.63, 3.8) is 0 Å². The zero-order chi connectivity index (χ0) is 9.26. The molecule has 0 unspecified atom stereocenters. The van der Waals surface area contributed by atoms with E-state index in [1.807, 2.05) is 0 Å². The number of halogens is 1. The van der Waals surface area contributed by atoms with Crippen molar-refractivity contribution < 1.29 is 4.39 Å². The van der Waals surface area contributed by atoms with Crippen LogP contribution in [0.5, 0.6) is 0 Å². The number of nitrogens with one attached hydrogen (secondary N) is 1. The molecule has 0 bridgehead atoms. The molecule has 4 heteroatoms. The lowest BCUT2D eigenvalue weighted by Gasteiger charge is -2.01. The topological polar surface area (TPSA) is 41.6 Å². The molecule has 2 rings (SSSR count). The van der Waals surface area contributed by atoms with Crippen LogP contribution in [-0.4, -0.2) is 15.2 Å². The predicted molar refractivity (Wildman–Crippen MR) is 46.5 cm³/mol. The van der Waals surface area contributed by atoms with Crippen LogP contribution in [0.25, 0.3) is 11.4 Å². The zero-order valence-electron chi connectivity index (χ0n) is 7.08. The second-order valence-electron chi connectivity index (χ2n) is 2.75. The van der Waals surface area contributed by atoms with E-state index >= 15 is 0 Å². The van der Waals surface area contributed by atoms with Gasteiger partial charge in [-0.3, -0.25) is 0 Å². The molecule has 0 spiro atoms. The average Bonchev–Trinajstić information content (AvgIpc) is 2.62. The summed E-state index contributed by atoms with van der Waals surface area (Å²) in [5, 5.41) is 7.46. The molecule has 3 nitrogen and oxygen atoms in total. The fourth-order valence-electron chi connectivity index (χ4n) is 1.20. The van der Waals surface area contributed by atoms with Gasteiger partial charge < -0.3 is 4.98 Å². The lowest BCUT2D eigenvalue weighted by Crippen LogP contribution is -1.89. The molecule has 0 aliphatic carbocycles. The van der Waals surface area contributed by atoms with E-state index in [1.165, 1.54) is 12.4 Å². The molecule has 0 fully saturated rings. The number of rotatable bonds is 1. The molecule has 1 aromatic carbocycles. The molecule has 0 radical (unpaired) electrons. The number of aromatic amines is 1. The summed E-state index contributed by atoms with van der Waals surface area (Å²) in [4.78, 5) is 2.83. The molecule has 0 amide bonds. The van der Waals surface area contributed by atoms with Gasteiger partial charge in [0, 0.05) is 5.56 Å². The second-order valence-corrected chi connectivity index (χ2v) is 2.75. The van der Waals surface area contributed by atoms with Crippen molar-refractivity contribution in [3.8, 4) is 11.4 Å². The smallest absolute Gasteiger partial charge is 0.161 e. The van der Waals surface area contributed by atoms with E-state index in [0.29, 0.717) is 11.4 Å². The van der Waals surface area contributed by atoms with Crippen molar-refractivity contribution in [2.75, 3.05) is 0 Å². The predicted octanol–water partition coefficient (Wildman–Crippen LogP) is 1.92. The maximum atomic E-state index is 13.1. The summed E-state index contributed by atoms with van der Waals surface area (Å²) < 4.78 is 13.1. The minimum absolute atomic E-state index is 0.228. The Morgan fingerprint density at radius 1 is 1.38 bits per heavy atom. The van der Waals surface area contributed by atoms with Crippen LogP contribution in [0, 0.1) is 12.7 Å². The summed E-state index contributed by atoms with van der Waals surface area (Å²) in [5.41, 5.74) is 1.33. The highest BCUT2D eigenvalue weighted by atomic mass is 19.1. The third-order valence-electron chi connectivity index (χ3n) is 1.94. The molecule has 0 saturated carbocycles. The van der Waals surface area contributed by atoms with Crippen molar-refractivity contribution in [3.05, 3.63) is 35.9 Å². The lowest BCUT2D eigenvalue weighted by atomic mass is 10.1. The molecule has 0 aliphatic rings. The van der Waals surface area contributed by atoms with Crippen molar-refractivity contribution in [2.24, 2.45) is 0 Å². The quantitative estimate of drug-likeness (QED) is 0.723. The first-order chi connectivity index (χ1) is 6.29. The zero-order valence-corrected chi connectivity index (χ0v) is 7.08. The third kappa shape index (κ3) is 1.30. The van der Waals surface area contributed by atoms with Gasteiger partial charge >= 0.3 is 0 Å². The van der Waals surface area contributed by atoms with Crippen LogP contribution in [0.3, 0.4) is 0 Å². The van der Waals surface area contributed by atoms with Crippen molar-refractivity contribution in [1.29, 1.82) is 0 Å². The SMILES string of the molecule is Cc1c(F)cccc1-c1nnc[nH]1. The summed E-state index contributed by atoms with van der Waals surface area (Å²) in [5.74, 6) is 0.367. The molecule has 66 valence electrons. The molecule has 0 atom stereocenters. The fraction of sp³-hybridized carbons (Fsp3) is 0.111. The van der Waals surface area contributed by atoms with E-state index in [1.54, 1.807) is 19.1 Å². The Hall–Kier alpha value is -1.71. The van der Waals surface area contributed by atoms with Gasteiger partial charge in [0.2, 0.25) is 0 Å². The van der Waals surface area contributed by atoms with E-state index in [2.05, 4.69) is 15.2 Å². The summed E-state index contributed by atoms with van der Waals surface area (Å²) in [6.07, 6.45) is 1.47. The standard InChI is InChI=1S/C9H8FN3/c1-6-7(3-2-4-8(6)10)9-11-5-12-13-9/h2-5H,1H3,(H,11,12,13). The highest BCUT2D eigenvalue weighted by Crippen LogP contribution is 2.20. The third-order valence-corrected chi connectivity index (χ3v) is 1.94. The molecule has 13 heavy (non-hydrogen) atoms. The van der Waals surface area contributed by atoms with Crippen LogP contribution in [-0.2, 0) is 0 Å². The molecule has 1 N–H and O–H groups in total. The minimum atomic E-state index is -0.228. The first-order valence-electron chi connectivity index (χ1n) is 3.90. The van der Waals surface area contributed by atoms with E-state index < -0.39 is 0 Å². The fourth-order valence-corrected chi connectivity index (χ4v) is 1.20. The van der Waals surface area contributed by atoms with Gasteiger partial charge in [0.15, 0.2) is 5.82 Å². The number of nitrogens with zero attached hydrogens (tertiary/aromatic N) is 2. The first-order valence-corrected chi connectivity index (χ1v) is 3.90. The Bertz CT molecular complexity index is 409. The first kappa shape index (κ1) is 7.91. The monoisotopic (exact) mass is 177 g/mol. The highest BCUT2D eigenvalue weighted by Gasteiger charge is 2.07. The molecular formula is C9H8FN3. The molecule has 2 aromatic rings. The van der Waals surface area contributed by atoms with Gasteiger partial charge in [0.25, 0.3) is 0 Å². The Balaban J connectivity index is 2.59. The number of benzene rings is 1. The minimum Gasteiger partial charge on any atom is -0.328 e. The van der Waals surface area contributed by atoms with Crippen LogP contribution < -0.4 is 0 Å². The highest BCUT2D eigenvalue weighted by molar-refractivity contribution is 5.59. The lowest BCUT2D eigenvalue weighted by molar-refractivity contribution is 0.619. The van der Waals surface area contributed by atoms with Crippen molar-refractivity contribution in [1.82, 2.24) is 15.2 Å². The number of H-pyrrole nitrogens is 1. The maximum Gasteiger partial charge on any atom is 0.161 e. The van der Waals surface area contributed by atoms with Crippen LogP contribution in [0.4, 0.5) is 4.39 Å². The van der Waals surface area contributed by atoms with Crippen molar-refractivity contribution >= 4 is 0 Å². The Kier molecular flexibility index (Phi) is 1.81. The number of hydrogen-bond acceptors (Lipinski definition) is 2. The van der Waals surface area contributed by atoms with Crippen LogP contribution in [0.1, 0.15) is 5.56 Å². The van der Waals surface area contributed by atoms with Gasteiger partial charge in [-0.15, -0.1) is 10.2 Å². The Morgan fingerprint density at radius 2 is 2.23 bits per heavy atom. The van der Waals surface area contributed by atoms with Gasteiger partial charge in [-0.05, 0) is 18.6 Å². The largest absolute Gasteiger partial charge is 0.328 e. The summed E-state index contributed by atoms with van der Waals surface area (Å²) in [6, 6.07) is 4.88. The Morgan fingerprint density at radius 3 is 2.92 bits per heavy atom. The molecule has 0 aliphatic heterocycles. The maximum absolute atomic E-state index is 13.1. The normalized spacial score (nSPS) is 10.3. The second kappa shape index (κ2) is 2.97. The summed E-state index contributed by atoms with van der Waals surface area (Å²) in [6.45, 7) is 1.72. The summed E-state index contributed by atoms with van der Waals surface area (Å²) in [7, 11) is 0. The number of hydrogen-bond donors (Lipinski definition) is 1. The Labute approximate surface area is 74.6 Å². The van der Waals surface area contributed by atoms with Gasteiger partial charge in [0.05, 0.1) is 0 Å². The molecular weight excluding hydrogens is 169 g/mol. The number of aromatic nitrogens is 3. The molecule has 1 heterocycles. The van der Waals surface area contributed by atoms with E-state index in [9.17, 15) is 4.39 Å². The van der Waals surface area contributed by atoms with Gasteiger partial charge in [0.1, 0.15) is 12.1 Å². The average molecular weight is 177 g/mol. The van der Waals surface area contributed by atoms with Gasteiger partial charge in [-0.25, -0.2) is 4.39 Å². The van der Waals surface area contributed by atoms with E-state index in [0.717, 1.165) is 5.56 Å². The summed E-state index contributed by atoms with van der Waals surface area (Å²) >= 11 is 0. The van der Waals surface area contributed by atoms with E-state index in [4.69, 9.17) is 0 Å². The molecule has 0 saturated heterocycles. The van der Waals surface area contributed by atoms with Crippen LogP contribution in [0.2, 0.25) is 0 Å². The van der Waals surface area contributed by atoms with Gasteiger partial charge in [-0.1, -0.05) is 12.1 Å². The van der Waals surface area contributed by atoms with Crippen LogP contribution >= 0.6 is 0 Å². The van der Waals surface area contributed by atoms with Gasteiger partial charge in [-0.2, -0.15) is 0 Å². The van der Waals surface area contributed by atoms with Crippen molar-refractivity contribution in [2.45, 2.75) is 6.92 Å². The van der Waals surface area contributed by atoms with Crippen LogP contribution in [0.15, 0.2) is 24.5 Å². The molecule has 1 aromatic heterocycles.